The van der Waals surface area contributed by atoms with Crippen LogP contribution in [0.25, 0.3) is 0 Å². The number of amides is 6. The van der Waals surface area contributed by atoms with Gasteiger partial charge in [-0.05, 0) is 95.9 Å². The highest BCUT2D eigenvalue weighted by Crippen LogP contribution is 2.50. The van der Waals surface area contributed by atoms with Crippen LogP contribution in [0.2, 0.25) is 0 Å². The number of nitrogens with zero attached hydrogens (tertiary/aromatic N) is 3. The third-order valence-corrected chi connectivity index (χ3v) is 13.2. The molecule has 0 saturated carbocycles. The average molecular weight is 884 g/mol. The number of alkyl carbamates (subject to hydrolysis) is 2. The molecule has 3 saturated heterocycles. The van der Waals surface area contributed by atoms with Crippen molar-refractivity contribution in [3.8, 4) is 0 Å². The zero-order valence-corrected chi connectivity index (χ0v) is 38.0. The van der Waals surface area contributed by atoms with Crippen molar-refractivity contribution in [2.75, 3.05) is 32.2 Å². The minimum atomic E-state index is -1.52. The van der Waals surface area contributed by atoms with Crippen LogP contribution in [0.4, 0.5) is 19.7 Å². The van der Waals surface area contributed by atoms with Gasteiger partial charge in [0.1, 0.15) is 29.0 Å². The molecule has 3 heterocycles. The van der Waals surface area contributed by atoms with E-state index in [-0.39, 0.29) is 38.0 Å². The number of anilines is 1. The van der Waals surface area contributed by atoms with Gasteiger partial charge in [0.05, 0.1) is 26.3 Å². The van der Waals surface area contributed by atoms with Gasteiger partial charge in [0.15, 0.2) is 0 Å². The minimum absolute atomic E-state index is 0.236. The van der Waals surface area contributed by atoms with Crippen LogP contribution < -0.4 is 27.0 Å². The van der Waals surface area contributed by atoms with Gasteiger partial charge in [-0.15, -0.1) is 0 Å². The highest BCUT2D eigenvalue weighted by molar-refractivity contribution is 5.96. The van der Waals surface area contributed by atoms with Gasteiger partial charge in [-0.25, -0.2) is 14.0 Å². The van der Waals surface area contributed by atoms with Crippen LogP contribution >= 0.6 is 0 Å². The Morgan fingerprint density at radius 2 is 1.05 bits per heavy atom. The zero-order chi connectivity index (χ0) is 46.9. The fourth-order valence-corrected chi connectivity index (χ4v) is 10.0. The normalized spacial score (nSPS) is 23.3. The molecular formula is C48H62FN7O8. The van der Waals surface area contributed by atoms with Crippen molar-refractivity contribution in [1.82, 2.24) is 20.4 Å². The minimum Gasteiger partial charge on any atom is -0.453 e. The molecule has 0 unspecified atom stereocenters. The molecule has 15 nitrogen and oxygen atoms in total. The number of hydrogen-bond donors (Lipinski definition) is 4. The van der Waals surface area contributed by atoms with Crippen molar-refractivity contribution in [3.63, 3.8) is 0 Å². The van der Waals surface area contributed by atoms with Crippen LogP contribution in [0.15, 0.2) is 72.8 Å². The summed E-state index contributed by atoms with van der Waals surface area (Å²) in [6.45, 7) is 11.4. The first-order valence-electron chi connectivity index (χ1n) is 21.8. The highest BCUT2D eigenvalue weighted by Gasteiger charge is 2.55. The Bertz CT molecular complexity index is 2140. The second-order valence-electron chi connectivity index (χ2n) is 19.2. The Labute approximate surface area is 374 Å². The van der Waals surface area contributed by atoms with Crippen molar-refractivity contribution in [2.45, 2.75) is 115 Å². The van der Waals surface area contributed by atoms with Gasteiger partial charge >= 0.3 is 12.2 Å². The van der Waals surface area contributed by atoms with Crippen LogP contribution in [0.3, 0.4) is 0 Å². The standard InChI is InChI=1S/C48H62FN7O8/c1-45(2,3)37(52-43(61)63-7)39(57)54-25-11-23-47(54,41(50)59)31-15-9-13-29(27-31)35-21-22-36(56(35)34-19-17-33(49)18-20-34)30-14-10-16-32(28-30)48(42(51)60)24-12-26-55(48)40(58)38(46(4,5)6)53-44(62)64-8/h9-10,13-20,27-28,35-38H,11-12,21-26H2,1-8H3,(H2,50,59)(H2,51,60)(H,52,61)(H,53,62)/t35-,36+,37-,38-,47+,48+/m1/s1. The molecule has 6 N–H and O–H groups in total. The number of nitrogens with two attached hydrogens (primary N) is 2. The monoisotopic (exact) mass is 883 g/mol. The molecular weight excluding hydrogens is 822 g/mol. The summed E-state index contributed by atoms with van der Waals surface area (Å²) in [6, 6.07) is 18.5. The van der Waals surface area contributed by atoms with Crippen molar-refractivity contribution >= 4 is 41.5 Å². The number of carbonyl (C=O) groups is 6. The van der Waals surface area contributed by atoms with E-state index in [0.717, 1.165) is 16.8 Å². The van der Waals surface area contributed by atoms with E-state index in [1.807, 2.05) is 77.9 Å². The molecule has 3 fully saturated rings. The molecule has 3 aliphatic rings. The molecule has 0 spiro atoms. The van der Waals surface area contributed by atoms with Gasteiger partial charge in [0.25, 0.3) is 0 Å². The molecule has 16 heteroatoms. The summed E-state index contributed by atoms with van der Waals surface area (Å²) in [5.41, 5.74) is 11.5. The van der Waals surface area contributed by atoms with Crippen molar-refractivity contribution in [1.29, 1.82) is 0 Å². The molecule has 6 atom stereocenters. The summed E-state index contributed by atoms with van der Waals surface area (Å²) in [5, 5.41) is 5.34. The van der Waals surface area contributed by atoms with E-state index in [0.29, 0.717) is 36.8 Å². The molecule has 64 heavy (non-hydrogen) atoms. The predicted molar refractivity (Wildman–Crippen MR) is 238 cm³/mol. The lowest BCUT2D eigenvalue weighted by molar-refractivity contribution is -0.147. The maximum Gasteiger partial charge on any atom is 0.407 e. The van der Waals surface area contributed by atoms with Crippen molar-refractivity contribution < 1.29 is 42.6 Å². The van der Waals surface area contributed by atoms with Gasteiger partial charge in [-0.3, -0.25) is 19.2 Å². The third kappa shape index (κ3) is 8.70. The van der Waals surface area contributed by atoms with E-state index in [4.69, 9.17) is 20.9 Å². The van der Waals surface area contributed by atoms with Gasteiger partial charge in [-0.1, -0.05) is 90.1 Å². The molecule has 3 aromatic carbocycles. The molecule has 344 valence electrons. The third-order valence-electron chi connectivity index (χ3n) is 13.2. The van der Waals surface area contributed by atoms with Crippen LogP contribution in [-0.2, 0) is 39.7 Å². The molecule has 6 rings (SSSR count). The Kier molecular flexibility index (Phi) is 13.4. The predicted octanol–water partition coefficient (Wildman–Crippen LogP) is 6.06. The number of hydrogen-bond acceptors (Lipinski definition) is 9. The van der Waals surface area contributed by atoms with Crippen molar-refractivity contribution in [3.05, 3.63) is 101 Å². The highest BCUT2D eigenvalue weighted by atomic mass is 19.1. The summed E-state index contributed by atoms with van der Waals surface area (Å²) in [6.07, 6.45) is 1.21. The maximum atomic E-state index is 14.5. The lowest BCUT2D eigenvalue weighted by Crippen LogP contribution is -2.61. The number of primary amides is 2. The maximum absolute atomic E-state index is 14.5. The van der Waals surface area contributed by atoms with E-state index >= 15 is 0 Å². The fourth-order valence-electron chi connectivity index (χ4n) is 10.0. The summed E-state index contributed by atoms with van der Waals surface area (Å²) in [4.78, 5) is 86.5. The van der Waals surface area contributed by atoms with E-state index in [9.17, 15) is 33.2 Å². The molecule has 0 aliphatic carbocycles. The van der Waals surface area contributed by atoms with E-state index in [1.165, 1.54) is 36.2 Å². The van der Waals surface area contributed by atoms with Gasteiger partial charge in [0.2, 0.25) is 23.6 Å². The number of carbonyl (C=O) groups excluding carboxylic acids is 6. The van der Waals surface area contributed by atoms with Gasteiger partial charge in [-0.2, -0.15) is 0 Å². The van der Waals surface area contributed by atoms with Gasteiger partial charge in [0, 0.05) is 18.8 Å². The fraction of sp³-hybridized carbons (Fsp3) is 0.500. The molecule has 6 amide bonds. The Morgan fingerprint density at radius 3 is 1.39 bits per heavy atom. The topological polar surface area (TPSA) is 207 Å². The second kappa shape index (κ2) is 18.1. The quantitative estimate of drug-likeness (QED) is 0.177. The van der Waals surface area contributed by atoms with Crippen LogP contribution in [0.1, 0.15) is 114 Å². The largest absolute Gasteiger partial charge is 0.453 e. The van der Waals surface area contributed by atoms with Crippen LogP contribution in [0.5, 0.6) is 0 Å². The first kappa shape index (κ1) is 47.3. The molecule has 0 aromatic heterocycles. The number of nitrogens with one attached hydrogen (secondary N) is 2. The molecule has 3 aliphatic heterocycles. The zero-order valence-electron chi connectivity index (χ0n) is 38.0. The lowest BCUT2D eigenvalue weighted by Gasteiger charge is -2.41. The Hall–Kier alpha value is -6.19. The average Bonchev–Trinajstić information content (AvgIpc) is 4.02. The second-order valence-corrected chi connectivity index (χ2v) is 19.2. The Balaban J connectivity index is 1.41. The number of ether oxygens (including phenoxy) is 2. The Morgan fingerprint density at radius 1 is 0.656 bits per heavy atom. The summed E-state index contributed by atoms with van der Waals surface area (Å²) < 4.78 is 24.2. The number of benzene rings is 3. The van der Waals surface area contributed by atoms with Crippen LogP contribution in [-0.4, -0.2) is 85.0 Å². The van der Waals surface area contributed by atoms with Crippen molar-refractivity contribution in [2.24, 2.45) is 22.3 Å². The van der Waals surface area contributed by atoms with E-state index < -0.39 is 75.6 Å². The first-order chi connectivity index (χ1) is 30.1. The first-order valence-corrected chi connectivity index (χ1v) is 21.8. The summed E-state index contributed by atoms with van der Waals surface area (Å²) >= 11 is 0. The smallest absolute Gasteiger partial charge is 0.407 e. The number of likely N-dealkylation sites (tertiary alicyclic amines) is 2. The number of halogens is 1. The number of rotatable bonds is 11. The van der Waals surface area contributed by atoms with Crippen LogP contribution in [0, 0.1) is 16.6 Å². The van der Waals surface area contributed by atoms with Gasteiger partial charge < -0.3 is 46.3 Å². The lowest BCUT2D eigenvalue weighted by atomic mass is 9.81. The summed E-state index contributed by atoms with van der Waals surface area (Å²) in [7, 11) is 2.43. The SMILES string of the molecule is COC(=O)N[C@H](C(=O)N1CCC[C@@]1(C(N)=O)c1cccc([C@H]2CC[C@@H](c3cccc([C@]4(C(N)=O)CCCN4C(=O)[C@@H](NC(=O)OC)C(C)(C)C)c3)N2c2ccc(F)cc2)c1)C(C)(C)C. The molecule has 3 aromatic rings. The molecule has 0 radical (unpaired) electrons. The van der Waals surface area contributed by atoms with E-state index in [1.54, 1.807) is 24.3 Å². The van der Waals surface area contributed by atoms with E-state index in [2.05, 4.69) is 15.5 Å². The summed E-state index contributed by atoms with van der Waals surface area (Å²) in [5.74, 6) is -2.73. The molecule has 0 bridgehead atoms. The number of methoxy groups -OCH3 is 2.